The molecule has 1 aliphatic rings. The maximum atomic E-state index is 12.2. The standard InChI is InChI=1S/C14H21N3O2S/c1-6(2)7(3)17-14-9(13(16)19)10(15)12(20-14)11(18)8-4-5-8/h6-8,17H,4-5,15H2,1-3H3,(H2,16,19). The van der Waals surface area contributed by atoms with E-state index in [-0.39, 0.29) is 29.0 Å². The molecule has 1 saturated carbocycles. The first-order valence-corrected chi connectivity index (χ1v) is 7.67. The molecule has 1 aliphatic carbocycles. The summed E-state index contributed by atoms with van der Waals surface area (Å²) in [5.74, 6) is -0.0824. The van der Waals surface area contributed by atoms with Crippen LogP contribution in [-0.4, -0.2) is 17.7 Å². The predicted molar refractivity (Wildman–Crippen MR) is 82.2 cm³/mol. The number of ketones is 1. The fourth-order valence-corrected chi connectivity index (χ4v) is 3.12. The number of amides is 1. The summed E-state index contributed by atoms with van der Waals surface area (Å²) in [6.45, 7) is 6.18. The summed E-state index contributed by atoms with van der Waals surface area (Å²) < 4.78 is 0. The number of nitrogens with one attached hydrogen (secondary N) is 1. The average Bonchev–Trinajstić information content (AvgIpc) is 3.13. The first-order chi connectivity index (χ1) is 9.32. The zero-order valence-corrected chi connectivity index (χ0v) is 12.8. The molecule has 1 aromatic rings. The van der Waals surface area contributed by atoms with Gasteiger partial charge in [0.1, 0.15) is 5.00 Å². The van der Waals surface area contributed by atoms with Crippen molar-refractivity contribution in [2.45, 2.75) is 39.7 Å². The number of nitrogen functional groups attached to an aromatic ring is 1. The van der Waals surface area contributed by atoms with Crippen LogP contribution in [0.4, 0.5) is 10.7 Å². The number of rotatable bonds is 6. The van der Waals surface area contributed by atoms with E-state index in [2.05, 4.69) is 19.2 Å². The molecule has 20 heavy (non-hydrogen) atoms. The third kappa shape index (κ3) is 2.80. The lowest BCUT2D eigenvalue weighted by Gasteiger charge is -2.18. The van der Waals surface area contributed by atoms with Crippen LogP contribution in [0.3, 0.4) is 0 Å². The van der Waals surface area contributed by atoms with Gasteiger partial charge in [0.25, 0.3) is 5.91 Å². The van der Waals surface area contributed by atoms with Crippen molar-refractivity contribution in [1.29, 1.82) is 0 Å². The van der Waals surface area contributed by atoms with E-state index in [4.69, 9.17) is 11.5 Å². The van der Waals surface area contributed by atoms with E-state index in [0.29, 0.717) is 15.8 Å². The predicted octanol–water partition coefficient (Wildman–Crippen LogP) is 2.48. The maximum Gasteiger partial charge on any atom is 0.253 e. The van der Waals surface area contributed by atoms with E-state index < -0.39 is 5.91 Å². The summed E-state index contributed by atoms with van der Waals surface area (Å²) in [6, 6.07) is 0.162. The van der Waals surface area contributed by atoms with Crippen molar-refractivity contribution < 1.29 is 9.59 Å². The highest BCUT2D eigenvalue weighted by Gasteiger charge is 2.35. The van der Waals surface area contributed by atoms with Gasteiger partial charge in [0, 0.05) is 12.0 Å². The summed E-state index contributed by atoms with van der Waals surface area (Å²) >= 11 is 1.25. The van der Waals surface area contributed by atoms with Crippen LogP contribution in [0.1, 0.15) is 53.6 Å². The van der Waals surface area contributed by atoms with Crippen molar-refractivity contribution in [2.24, 2.45) is 17.6 Å². The Morgan fingerprint density at radius 1 is 1.30 bits per heavy atom. The number of carbonyl (C=O) groups excluding carboxylic acids is 2. The van der Waals surface area contributed by atoms with Gasteiger partial charge in [-0.1, -0.05) is 13.8 Å². The molecule has 1 fully saturated rings. The molecular formula is C14H21N3O2S. The maximum absolute atomic E-state index is 12.2. The zero-order valence-electron chi connectivity index (χ0n) is 12.0. The first-order valence-electron chi connectivity index (χ1n) is 6.85. The number of Topliss-reactive ketones (excluding diaryl/α,β-unsaturated/α-hetero) is 1. The summed E-state index contributed by atoms with van der Waals surface area (Å²) in [5, 5.41) is 3.86. The fourth-order valence-electron chi connectivity index (χ4n) is 1.88. The molecule has 1 aromatic heterocycles. The summed E-state index contributed by atoms with van der Waals surface area (Å²) in [6.07, 6.45) is 1.82. The van der Waals surface area contributed by atoms with Crippen LogP contribution in [0.2, 0.25) is 0 Å². The van der Waals surface area contributed by atoms with Gasteiger partial charge >= 0.3 is 0 Å². The highest BCUT2D eigenvalue weighted by Crippen LogP contribution is 2.41. The molecule has 1 heterocycles. The van der Waals surface area contributed by atoms with Crippen LogP contribution in [0.15, 0.2) is 0 Å². The lowest BCUT2D eigenvalue weighted by molar-refractivity contribution is 0.0972. The molecule has 1 amide bonds. The van der Waals surface area contributed by atoms with Gasteiger partial charge in [-0.15, -0.1) is 11.3 Å². The van der Waals surface area contributed by atoms with E-state index in [1.807, 2.05) is 6.92 Å². The fraction of sp³-hybridized carbons (Fsp3) is 0.571. The average molecular weight is 295 g/mol. The third-order valence-corrected chi connectivity index (χ3v) is 4.87. The van der Waals surface area contributed by atoms with E-state index in [1.165, 1.54) is 11.3 Å². The first kappa shape index (κ1) is 14.8. The van der Waals surface area contributed by atoms with Crippen LogP contribution in [0, 0.1) is 11.8 Å². The van der Waals surface area contributed by atoms with Crippen LogP contribution >= 0.6 is 11.3 Å². The monoisotopic (exact) mass is 295 g/mol. The molecule has 5 N–H and O–H groups in total. The molecule has 0 saturated heterocycles. The number of nitrogens with two attached hydrogens (primary N) is 2. The van der Waals surface area contributed by atoms with Crippen molar-refractivity contribution in [1.82, 2.24) is 0 Å². The minimum Gasteiger partial charge on any atom is -0.397 e. The Bertz CT molecular complexity index is 547. The minimum absolute atomic E-state index is 0.0419. The Kier molecular flexibility index (Phi) is 4.04. The molecule has 0 aromatic carbocycles. The zero-order chi connectivity index (χ0) is 15.0. The van der Waals surface area contributed by atoms with Gasteiger partial charge < -0.3 is 16.8 Å². The van der Waals surface area contributed by atoms with E-state index in [1.54, 1.807) is 0 Å². The van der Waals surface area contributed by atoms with Crippen molar-refractivity contribution in [3.63, 3.8) is 0 Å². The Morgan fingerprint density at radius 2 is 1.90 bits per heavy atom. The van der Waals surface area contributed by atoms with Crippen LogP contribution in [0.25, 0.3) is 0 Å². The number of hydrogen-bond donors (Lipinski definition) is 3. The second-order valence-corrected chi connectivity index (χ2v) is 6.75. The van der Waals surface area contributed by atoms with Crippen LogP contribution < -0.4 is 16.8 Å². The molecule has 1 atom stereocenters. The molecular weight excluding hydrogens is 274 g/mol. The minimum atomic E-state index is -0.591. The largest absolute Gasteiger partial charge is 0.397 e. The molecule has 0 spiro atoms. The van der Waals surface area contributed by atoms with Gasteiger partial charge in [-0.25, -0.2) is 0 Å². The highest BCUT2D eigenvalue weighted by molar-refractivity contribution is 7.19. The Labute approximate surface area is 122 Å². The smallest absolute Gasteiger partial charge is 0.253 e. The van der Waals surface area contributed by atoms with Gasteiger partial charge in [0.15, 0.2) is 5.78 Å². The van der Waals surface area contributed by atoms with Crippen LogP contribution in [-0.2, 0) is 0 Å². The van der Waals surface area contributed by atoms with Gasteiger partial charge in [0.05, 0.1) is 16.1 Å². The normalized spacial score (nSPS) is 16.2. The SMILES string of the molecule is CC(C)C(C)Nc1sc(C(=O)C2CC2)c(N)c1C(N)=O. The summed E-state index contributed by atoms with van der Waals surface area (Å²) in [4.78, 5) is 24.3. The van der Waals surface area contributed by atoms with Gasteiger partial charge in [-0.2, -0.15) is 0 Å². The number of thiophene rings is 1. The van der Waals surface area contributed by atoms with E-state index >= 15 is 0 Å². The van der Waals surface area contributed by atoms with Gasteiger partial charge in [-0.3, -0.25) is 9.59 Å². The van der Waals surface area contributed by atoms with Gasteiger partial charge in [-0.05, 0) is 25.7 Å². The summed E-state index contributed by atoms with van der Waals surface area (Å²) in [7, 11) is 0. The Balaban J connectivity index is 2.37. The Hall–Kier alpha value is -1.56. The van der Waals surface area contributed by atoms with E-state index in [0.717, 1.165) is 12.8 Å². The topological polar surface area (TPSA) is 98.2 Å². The molecule has 0 radical (unpaired) electrons. The lowest BCUT2D eigenvalue weighted by atomic mass is 10.1. The molecule has 0 aliphatic heterocycles. The molecule has 2 rings (SSSR count). The highest BCUT2D eigenvalue weighted by atomic mass is 32.1. The third-order valence-electron chi connectivity index (χ3n) is 3.72. The van der Waals surface area contributed by atoms with Crippen molar-refractivity contribution in [2.75, 3.05) is 11.1 Å². The van der Waals surface area contributed by atoms with Gasteiger partial charge in [0.2, 0.25) is 0 Å². The van der Waals surface area contributed by atoms with E-state index in [9.17, 15) is 9.59 Å². The quantitative estimate of drug-likeness (QED) is 0.702. The number of anilines is 2. The second kappa shape index (κ2) is 5.44. The second-order valence-electron chi connectivity index (χ2n) is 5.73. The van der Waals surface area contributed by atoms with Crippen molar-refractivity contribution in [3.8, 4) is 0 Å². The Morgan fingerprint density at radius 3 is 2.35 bits per heavy atom. The van der Waals surface area contributed by atoms with Crippen molar-refractivity contribution in [3.05, 3.63) is 10.4 Å². The molecule has 5 nitrogen and oxygen atoms in total. The molecule has 0 bridgehead atoms. The number of carbonyl (C=O) groups is 2. The summed E-state index contributed by atoms with van der Waals surface area (Å²) in [5.41, 5.74) is 11.9. The lowest BCUT2D eigenvalue weighted by Crippen LogP contribution is -2.23. The van der Waals surface area contributed by atoms with Crippen molar-refractivity contribution >= 4 is 33.7 Å². The molecule has 110 valence electrons. The van der Waals surface area contributed by atoms with Crippen LogP contribution in [0.5, 0.6) is 0 Å². The molecule has 6 heteroatoms. The number of hydrogen-bond acceptors (Lipinski definition) is 5. The number of primary amides is 1. The molecule has 1 unspecified atom stereocenters.